The molecule has 1 aromatic carbocycles. The molecule has 0 spiro atoms. The Hall–Kier alpha value is -2.30. The fourth-order valence-corrected chi connectivity index (χ4v) is 2.90. The molecule has 122 valence electrons. The van der Waals surface area contributed by atoms with E-state index in [2.05, 4.69) is 23.2 Å². The zero-order valence-corrected chi connectivity index (χ0v) is 13.9. The molecule has 0 atom stereocenters. The van der Waals surface area contributed by atoms with Gasteiger partial charge in [0.25, 0.3) is 0 Å². The molecule has 0 saturated carbocycles. The Morgan fingerprint density at radius 1 is 1.35 bits per heavy atom. The number of hydrogen-bond acceptors (Lipinski definition) is 3. The third kappa shape index (κ3) is 3.23. The number of carbonyl (C=O) groups is 1. The maximum absolute atomic E-state index is 12.3. The van der Waals surface area contributed by atoms with Gasteiger partial charge in [-0.05, 0) is 31.9 Å². The molecule has 1 aromatic heterocycles. The van der Waals surface area contributed by atoms with E-state index in [0.717, 1.165) is 29.1 Å². The minimum absolute atomic E-state index is 0.0955. The van der Waals surface area contributed by atoms with Crippen molar-refractivity contribution in [2.24, 2.45) is 0 Å². The van der Waals surface area contributed by atoms with Gasteiger partial charge in [0.1, 0.15) is 11.9 Å². The minimum Gasteiger partial charge on any atom is -0.486 e. The number of carbonyl (C=O) groups excluding carboxylic acids is 1. The van der Waals surface area contributed by atoms with Crippen molar-refractivity contribution < 1.29 is 9.53 Å². The molecule has 0 aliphatic carbocycles. The second-order valence-corrected chi connectivity index (χ2v) is 6.09. The zero-order chi connectivity index (χ0) is 16.4. The first kappa shape index (κ1) is 15.6. The second kappa shape index (κ2) is 6.44. The molecule has 23 heavy (non-hydrogen) atoms. The van der Waals surface area contributed by atoms with Gasteiger partial charge in [-0.25, -0.2) is 0 Å². The first-order valence-corrected chi connectivity index (χ1v) is 8.11. The number of aryl methyl sites for hydroxylation is 3. The Kier molecular flexibility index (Phi) is 4.37. The van der Waals surface area contributed by atoms with Crippen molar-refractivity contribution in [3.63, 3.8) is 0 Å². The van der Waals surface area contributed by atoms with Crippen molar-refractivity contribution in [3.8, 4) is 5.75 Å². The molecule has 5 nitrogen and oxygen atoms in total. The van der Waals surface area contributed by atoms with Gasteiger partial charge in [-0.3, -0.25) is 9.89 Å². The number of hydrogen-bond donors (Lipinski definition) is 1. The Balaban J connectivity index is 1.54. The van der Waals surface area contributed by atoms with Gasteiger partial charge < -0.3 is 9.64 Å². The van der Waals surface area contributed by atoms with Crippen LogP contribution in [-0.4, -0.2) is 40.2 Å². The lowest BCUT2D eigenvalue weighted by atomic mass is 10.1. The first-order chi connectivity index (χ1) is 11.1. The van der Waals surface area contributed by atoms with Crippen LogP contribution in [0.1, 0.15) is 29.4 Å². The Morgan fingerprint density at radius 3 is 2.74 bits per heavy atom. The molecule has 0 radical (unpaired) electrons. The molecule has 2 heterocycles. The average molecular weight is 313 g/mol. The molecular weight excluding hydrogens is 290 g/mol. The third-order valence-electron chi connectivity index (χ3n) is 4.46. The lowest BCUT2D eigenvalue weighted by molar-refractivity contribution is -0.139. The van der Waals surface area contributed by atoms with Gasteiger partial charge in [0, 0.05) is 11.3 Å². The van der Waals surface area contributed by atoms with E-state index in [1.165, 1.54) is 5.56 Å². The van der Waals surface area contributed by atoms with Crippen LogP contribution in [0.25, 0.3) is 0 Å². The summed E-state index contributed by atoms with van der Waals surface area (Å²) in [6.45, 7) is 7.32. The van der Waals surface area contributed by atoms with Gasteiger partial charge in [-0.1, -0.05) is 25.1 Å². The molecule has 5 heteroatoms. The highest BCUT2D eigenvalue weighted by atomic mass is 16.5. The van der Waals surface area contributed by atoms with Gasteiger partial charge in [0.05, 0.1) is 25.2 Å². The summed E-state index contributed by atoms with van der Waals surface area (Å²) in [4.78, 5) is 14.2. The molecule has 1 aliphatic heterocycles. The van der Waals surface area contributed by atoms with Crippen LogP contribution < -0.4 is 4.74 Å². The number of aromatic amines is 1. The SMILES string of the molecule is CCc1ccccc1OC1CN(C(=O)Cc2c(C)n[nH]c2C)C1. The fourth-order valence-electron chi connectivity index (χ4n) is 2.90. The number of para-hydroxylation sites is 1. The quantitative estimate of drug-likeness (QED) is 0.922. The van der Waals surface area contributed by atoms with E-state index in [-0.39, 0.29) is 12.0 Å². The number of amides is 1. The van der Waals surface area contributed by atoms with Crippen molar-refractivity contribution in [1.29, 1.82) is 0 Å². The summed E-state index contributed by atoms with van der Waals surface area (Å²) in [5.74, 6) is 1.08. The molecular formula is C18H23N3O2. The monoisotopic (exact) mass is 313 g/mol. The van der Waals surface area contributed by atoms with Crippen molar-refractivity contribution in [1.82, 2.24) is 15.1 Å². The smallest absolute Gasteiger partial charge is 0.227 e. The zero-order valence-electron chi connectivity index (χ0n) is 13.9. The minimum atomic E-state index is 0.0955. The second-order valence-electron chi connectivity index (χ2n) is 6.09. The first-order valence-electron chi connectivity index (χ1n) is 8.11. The Bertz CT molecular complexity index is 683. The van der Waals surface area contributed by atoms with Crippen molar-refractivity contribution >= 4 is 5.91 Å². The summed E-state index contributed by atoms with van der Waals surface area (Å²) < 4.78 is 6.02. The largest absolute Gasteiger partial charge is 0.486 e. The number of nitrogens with zero attached hydrogens (tertiary/aromatic N) is 2. The summed E-state index contributed by atoms with van der Waals surface area (Å²) in [5.41, 5.74) is 4.10. The van der Waals surface area contributed by atoms with E-state index in [4.69, 9.17) is 4.74 Å². The van der Waals surface area contributed by atoms with E-state index in [1.54, 1.807) is 0 Å². The highest BCUT2D eigenvalue weighted by Crippen LogP contribution is 2.23. The normalized spacial score (nSPS) is 14.7. The molecule has 2 aromatic rings. The van der Waals surface area contributed by atoms with Crippen LogP contribution in [0.3, 0.4) is 0 Å². The number of H-pyrrole nitrogens is 1. The van der Waals surface area contributed by atoms with Gasteiger partial charge in [0.2, 0.25) is 5.91 Å². The standard InChI is InChI=1S/C18H23N3O2/c1-4-14-7-5-6-8-17(14)23-15-10-21(11-15)18(22)9-16-12(2)19-20-13(16)3/h5-8,15H,4,9-11H2,1-3H3,(H,19,20). The summed E-state index contributed by atoms with van der Waals surface area (Å²) in [7, 11) is 0. The number of aromatic nitrogens is 2. The molecule has 3 rings (SSSR count). The van der Waals surface area contributed by atoms with Gasteiger partial charge in [-0.15, -0.1) is 0 Å². The molecule has 1 amide bonds. The Labute approximate surface area is 136 Å². The van der Waals surface area contributed by atoms with E-state index in [9.17, 15) is 4.79 Å². The summed E-state index contributed by atoms with van der Waals surface area (Å²) in [6, 6.07) is 8.10. The van der Waals surface area contributed by atoms with Gasteiger partial charge in [-0.2, -0.15) is 5.10 Å². The third-order valence-corrected chi connectivity index (χ3v) is 4.46. The van der Waals surface area contributed by atoms with Crippen LogP contribution in [0.15, 0.2) is 24.3 Å². The molecule has 1 fully saturated rings. The highest BCUT2D eigenvalue weighted by molar-refractivity contribution is 5.80. The van der Waals surface area contributed by atoms with Crippen molar-refractivity contribution in [3.05, 3.63) is 46.8 Å². The summed E-state index contributed by atoms with van der Waals surface area (Å²) in [6.07, 6.45) is 1.45. The van der Waals surface area contributed by atoms with Crippen molar-refractivity contribution in [2.45, 2.75) is 39.7 Å². The topological polar surface area (TPSA) is 58.2 Å². The van der Waals surface area contributed by atoms with E-state index < -0.39 is 0 Å². The van der Waals surface area contributed by atoms with Gasteiger partial charge in [0.15, 0.2) is 0 Å². The molecule has 0 unspecified atom stereocenters. The van der Waals surface area contributed by atoms with E-state index in [0.29, 0.717) is 19.5 Å². The van der Waals surface area contributed by atoms with Crippen LogP contribution in [0.5, 0.6) is 5.75 Å². The van der Waals surface area contributed by atoms with Crippen LogP contribution in [0.2, 0.25) is 0 Å². The molecule has 1 saturated heterocycles. The highest BCUT2D eigenvalue weighted by Gasteiger charge is 2.33. The number of likely N-dealkylation sites (tertiary alicyclic amines) is 1. The van der Waals surface area contributed by atoms with Crippen LogP contribution in [-0.2, 0) is 17.6 Å². The maximum atomic E-state index is 12.3. The van der Waals surface area contributed by atoms with E-state index >= 15 is 0 Å². The molecule has 0 bridgehead atoms. The number of ether oxygens (including phenoxy) is 1. The van der Waals surface area contributed by atoms with E-state index in [1.807, 2.05) is 36.9 Å². The lowest BCUT2D eigenvalue weighted by Gasteiger charge is -2.39. The van der Waals surface area contributed by atoms with Crippen LogP contribution >= 0.6 is 0 Å². The lowest BCUT2D eigenvalue weighted by Crippen LogP contribution is -2.56. The average Bonchev–Trinajstić information content (AvgIpc) is 2.82. The van der Waals surface area contributed by atoms with Crippen LogP contribution in [0, 0.1) is 13.8 Å². The molecule has 1 N–H and O–H groups in total. The number of rotatable bonds is 5. The molecule has 1 aliphatic rings. The Morgan fingerprint density at radius 2 is 2.09 bits per heavy atom. The predicted octanol–water partition coefficient (Wildman–Crippen LogP) is 2.42. The van der Waals surface area contributed by atoms with Crippen LogP contribution in [0.4, 0.5) is 0 Å². The van der Waals surface area contributed by atoms with Gasteiger partial charge >= 0.3 is 0 Å². The number of benzene rings is 1. The van der Waals surface area contributed by atoms with Crippen molar-refractivity contribution in [2.75, 3.05) is 13.1 Å². The fraction of sp³-hybridized carbons (Fsp3) is 0.444. The summed E-state index contributed by atoms with van der Waals surface area (Å²) >= 11 is 0. The predicted molar refractivity (Wildman–Crippen MR) is 88.6 cm³/mol. The summed E-state index contributed by atoms with van der Waals surface area (Å²) in [5, 5.41) is 7.07. The number of nitrogens with one attached hydrogen (secondary N) is 1. The maximum Gasteiger partial charge on any atom is 0.227 e.